The van der Waals surface area contributed by atoms with Crippen LogP contribution in [0.5, 0.6) is 0 Å². The Morgan fingerprint density at radius 1 is 1.09 bits per heavy atom. The van der Waals surface area contributed by atoms with E-state index in [4.69, 9.17) is 10.9 Å². The van der Waals surface area contributed by atoms with Gasteiger partial charge in [0.15, 0.2) is 0 Å². The summed E-state index contributed by atoms with van der Waals surface area (Å²) in [6.07, 6.45) is 5.17. The molecule has 3 heterocycles. The van der Waals surface area contributed by atoms with Gasteiger partial charge in [0.2, 0.25) is 10.0 Å². The van der Waals surface area contributed by atoms with Gasteiger partial charge in [-0.05, 0) is 41.5 Å². The minimum absolute atomic E-state index is 0.0130. The number of aromatic amines is 2. The summed E-state index contributed by atoms with van der Waals surface area (Å²) < 4.78 is 22.8. The Hall–Kier alpha value is -4.22. The largest absolute Gasteiger partial charge is 0.384 e. The zero-order valence-electron chi connectivity index (χ0n) is 17.2. The van der Waals surface area contributed by atoms with Crippen molar-refractivity contribution in [2.75, 3.05) is 5.73 Å². The van der Waals surface area contributed by atoms with Crippen LogP contribution >= 0.6 is 0 Å². The summed E-state index contributed by atoms with van der Waals surface area (Å²) in [5, 5.41) is 16.6. The second-order valence-electron chi connectivity index (χ2n) is 7.59. The van der Waals surface area contributed by atoms with Crippen LogP contribution in [0.25, 0.3) is 32.9 Å². The van der Waals surface area contributed by atoms with Crippen molar-refractivity contribution in [2.24, 2.45) is 5.14 Å². The van der Waals surface area contributed by atoms with Crippen LogP contribution in [0, 0.1) is 0 Å². The second kappa shape index (κ2) is 7.73. The average Bonchev–Trinajstić information content (AvgIpc) is 3.43. The molecule has 0 bridgehead atoms. The van der Waals surface area contributed by atoms with Crippen LogP contribution < -0.4 is 16.2 Å². The molecule has 0 saturated heterocycles. The first kappa shape index (κ1) is 20.7. The molecule has 1 amide bonds. The number of anilines is 1. The molecule has 0 aliphatic rings. The number of fused-ring (bicyclic) bond motifs is 2. The zero-order valence-corrected chi connectivity index (χ0v) is 18.0. The zero-order chi connectivity index (χ0) is 23.2. The average molecular weight is 462 g/mol. The number of nitrogens with two attached hydrogens (primary N) is 2. The number of pyridine rings is 1. The lowest BCUT2D eigenvalue weighted by molar-refractivity contribution is 0.0952. The van der Waals surface area contributed by atoms with Crippen LogP contribution in [0.3, 0.4) is 0 Å². The monoisotopic (exact) mass is 461 g/mol. The number of amides is 1. The first-order chi connectivity index (χ1) is 15.8. The van der Waals surface area contributed by atoms with Gasteiger partial charge >= 0.3 is 0 Å². The number of hydrogen-bond donors (Lipinski definition) is 5. The Morgan fingerprint density at radius 2 is 1.88 bits per heavy atom. The molecule has 0 atom stereocenters. The molecule has 10 nitrogen and oxygen atoms in total. The highest BCUT2D eigenvalue weighted by molar-refractivity contribution is 7.89. The SMILES string of the molecule is Nc1cc2c(-c3cc(C(=O)NCc4ccc(S(N)(=O)=O)cc4)c4[nH]ncc4c3)c[nH]c2cn1. The molecule has 0 unspecified atom stereocenters. The number of carbonyl (C=O) groups is 1. The number of nitrogen functional groups attached to an aromatic ring is 1. The summed E-state index contributed by atoms with van der Waals surface area (Å²) in [5.74, 6) is 0.0989. The quantitative estimate of drug-likeness (QED) is 0.268. The number of sulfonamides is 1. The third-order valence-corrected chi connectivity index (χ3v) is 6.33. The Balaban J connectivity index is 1.47. The van der Waals surface area contributed by atoms with E-state index in [1.165, 1.54) is 12.1 Å². The molecule has 3 aromatic heterocycles. The Morgan fingerprint density at radius 3 is 2.64 bits per heavy atom. The lowest BCUT2D eigenvalue weighted by atomic mass is 10.00. The molecule has 7 N–H and O–H groups in total. The molecule has 33 heavy (non-hydrogen) atoms. The Bertz CT molecular complexity index is 1620. The van der Waals surface area contributed by atoms with Crippen LogP contribution in [0.2, 0.25) is 0 Å². The normalized spacial score (nSPS) is 11.8. The summed E-state index contributed by atoms with van der Waals surface area (Å²) in [7, 11) is -3.77. The number of benzene rings is 2. The van der Waals surface area contributed by atoms with E-state index in [9.17, 15) is 13.2 Å². The van der Waals surface area contributed by atoms with Gasteiger partial charge < -0.3 is 16.0 Å². The third kappa shape index (κ3) is 3.90. The number of nitrogens with one attached hydrogen (secondary N) is 3. The third-order valence-electron chi connectivity index (χ3n) is 5.40. The number of H-pyrrole nitrogens is 2. The maximum Gasteiger partial charge on any atom is 0.253 e. The fourth-order valence-electron chi connectivity index (χ4n) is 3.74. The maximum absolute atomic E-state index is 13.1. The van der Waals surface area contributed by atoms with Crippen molar-refractivity contribution in [3.63, 3.8) is 0 Å². The number of rotatable bonds is 5. The molecular weight excluding hydrogens is 442 g/mol. The maximum atomic E-state index is 13.1. The number of primary sulfonamides is 1. The minimum Gasteiger partial charge on any atom is -0.384 e. The first-order valence-electron chi connectivity index (χ1n) is 9.89. The van der Waals surface area contributed by atoms with Gasteiger partial charge in [0.1, 0.15) is 5.82 Å². The van der Waals surface area contributed by atoms with Crippen LogP contribution in [-0.4, -0.2) is 34.5 Å². The van der Waals surface area contributed by atoms with E-state index < -0.39 is 10.0 Å². The van der Waals surface area contributed by atoms with E-state index in [1.54, 1.807) is 36.7 Å². The van der Waals surface area contributed by atoms with Crippen LogP contribution in [0.1, 0.15) is 15.9 Å². The fourth-order valence-corrected chi connectivity index (χ4v) is 4.26. The summed E-state index contributed by atoms with van der Waals surface area (Å²) in [6, 6.07) is 11.5. The molecule has 0 saturated carbocycles. The predicted octanol–water partition coefficient (Wildman–Crippen LogP) is 2.27. The second-order valence-corrected chi connectivity index (χ2v) is 9.15. The highest BCUT2D eigenvalue weighted by Gasteiger charge is 2.16. The van der Waals surface area contributed by atoms with Crippen LogP contribution in [-0.2, 0) is 16.6 Å². The molecule has 0 aliphatic carbocycles. The Labute approximate surface area is 188 Å². The molecule has 0 aliphatic heterocycles. The molecular formula is C22H19N7O3S. The molecule has 5 aromatic rings. The van der Waals surface area contributed by atoms with Crippen molar-refractivity contribution in [1.82, 2.24) is 25.5 Å². The summed E-state index contributed by atoms with van der Waals surface area (Å²) in [6.45, 7) is 0.207. The van der Waals surface area contributed by atoms with Gasteiger partial charge in [0.05, 0.1) is 33.9 Å². The van der Waals surface area contributed by atoms with E-state index in [-0.39, 0.29) is 17.3 Å². The van der Waals surface area contributed by atoms with Crippen molar-refractivity contribution in [3.8, 4) is 11.1 Å². The molecule has 11 heteroatoms. The summed E-state index contributed by atoms with van der Waals surface area (Å²) in [4.78, 5) is 20.4. The lowest BCUT2D eigenvalue weighted by Crippen LogP contribution is -2.23. The summed E-state index contributed by atoms with van der Waals surface area (Å²) >= 11 is 0. The number of hydrogen-bond acceptors (Lipinski definition) is 6. The Kier molecular flexibility index (Phi) is 4.84. The van der Waals surface area contributed by atoms with Gasteiger partial charge in [-0.25, -0.2) is 18.5 Å². The van der Waals surface area contributed by atoms with Crippen molar-refractivity contribution < 1.29 is 13.2 Å². The van der Waals surface area contributed by atoms with Crippen molar-refractivity contribution in [3.05, 3.63) is 72.2 Å². The van der Waals surface area contributed by atoms with Gasteiger partial charge in [-0.3, -0.25) is 9.89 Å². The van der Waals surface area contributed by atoms with Gasteiger partial charge in [0, 0.05) is 29.1 Å². The predicted molar refractivity (Wildman–Crippen MR) is 125 cm³/mol. The molecule has 0 radical (unpaired) electrons. The van der Waals surface area contributed by atoms with Gasteiger partial charge in [0.25, 0.3) is 5.91 Å². The van der Waals surface area contributed by atoms with Crippen molar-refractivity contribution in [2.45, 2.75) is 11.4 Å². The van der Waals surface area contributed by atoms with E-state index in [2.05, 4.69) is 25.5 Å². The van der Waals surface area contributed by atoms with Gasteiger partial charge in [-0.2, -0.15) is 5.10 Å². The molecule has 166 valence electrons. The molecule has 0 spiro atoms. The standard InChI is InChI=1S/C22H19N7O3S/c23-20-7-16-18(10-25-19(16)11-26-20)13-5-14-9-28-29-21(14)17(6-13)22(30)27-8-12-1-3-15(4-2-12)33(24,31)32/h1-7,9-11,25H,8H2,(H2,23,26)(H,27,30)(H,28,29)(H2,24,31,32). The van der Waals surface area contributed by atoms with Crippen LogP contribution in [0.4, 0.5) is 5.82 Å². The van der Waals surface area contributed by atoms with Crippen molar-refractivity contribution in [1.29, 1.82) is 0 Å². The van der Waals surface area contributed by atoms with Crippen molar-refractivity contribution >= 4 is 43.6 Å². The van der Waals surface area contributed by atoms with E-state index in [0.717, 1.165) is 33.0 Å². The number of nitrogens with zero attached hydrogens (tertiary/aromatic N) is 2. The van der Waals surface area contributed by atoms with Gasteiger partial charge in [-0.1, -0.05) is 12.1 Å². The highest BCUT2D eigenvalue weighted by Crippen LogP contribution is 2.32. The molecule has 2 aromatic carbocycles. The first-order valence-corrected chi connectivity index (χ1v) is 11.4. The fraction of sp³-hybridized carbons (Fsp3) is 0.0455. The lowest BCUT2D eigenvalue weighted by Gasteiger charge is -2.09. The highest BCUT2D eigenvalue weighted by atomic mass is 32.2. The van der Waals surface area contributed by atoms with E-state index in [1.807, 2.05) is 12.3 Å². The smallest absolute Gasteiger partial charge is 0.253 e. The number of carbonyl (C=O) groups excluding carboxylic acids is 1. The van der Waals surface area contributed by atoms with E-state index in [0.29, 0.717) is 16.9 Å². The number of aromatic nitrogens is 4. The summed E-state index contributed by atoms with van der Waals surface area (Å²) in [5.41, 5.74) is 10.2. The van der Waals surface area contributed by atoms with Crippen LogP contribution in [0.15, 0.2) is 66.0 Å². The van der Waals surface area contributed by atoms with Gasteiger partial charge in [-0.15, -0.1) is 0 Å². The molecule has 5 rings (SSSR count). The van der Waals surface area contributed by atoms with E-state index >= 15 is 0 Å². The molecule has 0 fully saturated rings. The topological polar surface area (TPSA) is 173 Å². The minimum atomic E-state index is -3.77.